The Morgan fingerprint density at radius 2 is 2.17 bits per heavy atom. The fourth-order valence-corrected chi connectivity index (χ4v) is 2.92. The standard InChI is InChI=1S/C17H20ClN3O2/c1-2-16-19-7-8-20(16)12-17(22)21-9-10-23-15(11-21)13-3-5-14(18)6-4-13/h3-8,15H,2,9-12H2,1H3. The molecule has 1 aromatic carbocycles. The van der Waals surface area contributed by atoms with Crippen molar-refractivity contribution < 1.29 is 9.53 Å². The molecule has 0 N–H and O–H groups in total. The van der Waals surface area contributed by atoms with Crippen molar-refractivity contribution in [2.24, 2.45) is 0 Å². The monoisotopic (exact) mass is 333 g/mol. The van der Waals surface area contributed by atoms with Crippen molar-refractivity contribution in [2.45, 2.75) is 26.0 Å². The van der Waals surface area contributed by atoms with E-state index in [0.717, 1.165) is 17.8 Å². The number of imidazole rings is 1. The molecular formula is C17H20ClN3O2. The van der Waals surface area contributed by atoms with Crippen molar-refractivity contribution in [2.75, 3.05) is 19.7 Å². The van der Waals surface area contributed by atoms with E-state index in [-0.39, 0.29) is 12.0 Å². The summed E-state index contributed by atoms with van der Waals surface area (Å²) in [6.07, 6.45) is 4.31. The first-order chi connectivity index (χ1) is 11.2. The van der Waals surface area contributed by atoms with E-state index in [0.29, 0.717) is 31.3 Å². The molecule has 3 rings (SSSR count). The van der Waals surface area contributed by atoms with Crippen molar-refractivity contribution in [1.29, 1.82) is 0 Å². The van der Waals surface area contributed by atoms with E-state index in [2.05, 4.69) is 4.98 Å². The van der Waals surface area contributed by atoms with Crippen LogP contribution >= 0.6 is 11.6 Å². The molecule has 2 heterocycles. The highest BCUT2D eigenvalue weighted by molar-refractivity contribution is 6.30. The normalized spacial score (nSPS) is 18.2. The molecule has 1 fully saturated rings. The van der Waals surface area contributed by atoms with Crippen molar-refractivity contribution in [3.05, 3.63) is 53.1 Å². The van der Waals surface area contributed by atoms with Gasteiger partial charge in [0.15, 0.2) is 0 Å². The minimum atomic E-state index is -0.0987. The number of rotatable bonds is 4. The number of hydrogen-bond donors (Lipinski definition) is 0. The maximum absolute atomic E-state index is 12.6. The lowest BCUT2D eigenvalue weighted by Gasteiger charge is -2.33. The summed E-state index contributed by atoms with van der Waals surface area (Å²) in [5.41, 5.74) is 1.05. The van der Waals surface area contributed by atoms with Crippen LogP contribution in [0, 0.1) is 0 Å². The van der Waals surface area contributed by atoms with Gasteiger partial charge in [-0.1, -0.05) is 30.7 Å². The molecule has 1 amide bonds. The van der Waals surface area contributed by atoms with Crippen LogP contribution in [0.15, 0.2) is 36.7 Å². The molecule has 1 aromatic heterocycles. The molecule has 0 radical (unpaired) electrons. The second-order valence-electron chi connectivity index (χ2n) is 5.58. The molecule has 1 aliphatic rings. The molecule has 1 unspecified atom stereocenters. The van der Waals surface area contributed by atoms with Gasteiger partial charge in [-0.3, -0.25) is 4.79 Å². The molecule has 23 heavy (non-hydrogen) atoms. The van der Waals surface area contributed by atoms with E-state index in [1.807, 2.05) is 46.9 Å². The highest BCUT2D eigenvalue weighted by Crippen LogP contribution is 2.24. The number of hydrogen-bond acceptors (Lipinski definition) is 3. The number of carbonyl (C=O) groups excluding carboxylic acids is 1. The third kappa shape index (κ3) is 3.74. The van der Waals surface area contributed by atoms with E-state index in [4.69, 9.17) is 16.3 Å². The van der Waals surface area contributed by atoms with Crippen molar-refractivity contribution in [3.63, 3.8) is 0 Å². The summed E-state index contributed by atoms with van der Waals surface area (Å²) in [5, 5.41) is 0.699. The van der Waals surface area contributed by atoms with Gasteiger partial charge >= 0.3 is 0 Å². The Morgan fingerprint density at radius 3 is 2.91 bits per heavy atom. The number of halogens is 1. The number of aryl methyl sites for hydroxylation is 1. The maximum atomic E-state index is 12.6. The fraction of sp³-hybridized carbons (Fsp3) is 0.412. The third-order valence-electron chi connectivity index (χ3n) is 4.08. The average Bonchev–Trinajstić information content (AvgIpc) is 3.03. The molecule has 2 aromatic rings. The number of morpholine rings is 1. The fourth-order valence-electron chi connectivity index (χ4n) is 2.80. The number of nitrogens with zero attached hydrogens (tertiary/aromatic N) is 3. The zero-order chi connectivity index (χ0) is 16.2. The molecule has 122 valence electrons. The Kier molecular flexibility index (Phi) is 4.98. The minimum Gasteiger partial charge on any atom is -0.370 e. The van der Waals surface area contributed by atoms with Gasteiger partial charge in [0.25, 0.3) is 0 Å². The van der Waals surface area contributed by atoms with E-state index in [1.165, 1.54) is 0 Å². The smallest absolute Gasteiger partial charge is 0.242 e. The summed E-state index contributed by atoms with van der Waals surface area (Å²) in [5.74, 6) is 1.03. The van der Waals surface area contributed by atoms with Crippen LogP contribution < -0.4 is 0 Å². The van der Waals surface area contributed by atoms with Crippen LogP contribution in [-0.2, 0) is 22.5 Å². The Labute approximate surface area is 140 Å². The highest BCUT2D eigenvalue weighted by atomic mass is 35.5. The zero-order valence-electron chi connectivity index (χ0n) is 13.1. The van der Waals surface area contributed by atoms with Crippen molar-refractivity contribution in [3.8, 4) is 0 Å². The predicted octanol–water partition coefficient (Wildman–Crippen LogP) is 2.70. The Hall–Kier alpha value is -1.85. The third-order valence-corrected chi connectivity index (χ3v) is 4.34. The van der Waals surface area contributed by atoms with Gasteiger partial charge in [-0.25, -0.2) is 4.98 Å². The van der Waals surface area contributed by atoms with Crippen molar-refractivity contribution in [1.82, 2.24) is 14.5 Å². The summed E-state index contributed by atoms with van der Waals surface area (Å²) in [7, 11) is 0. The van der Waals surface area contributed by atoms with E-state index in [9.17, 15) is 4.79 Å². The number of amides is 1. The SMILES string of the molecule is CCc1nccn1CC(=O)N1CCOC(c2ccc(Cl)cc2)C1. The topological polar surface area (TPSA) is 47.4 Å². The first-order valence-electron chi connectivity index (χ1n) is 7.82. The van der Waals surface area contributed by atoms with Crippen LogP contribution in [0.3, 0.4) is 0 Å². The Balaban J connectivity index is 1.66. The van der Waals surface area contributed by atoms with Crippen LogP contribution in [-0.4, -0.2) is 40.1 Å². The van der Waals surface area contributed by atoms with Gasteiger partial charge in [0.1, 0.15) is 18.5 Å². The molecule has 0 bridgehead atoms. The van der Waals surface area contributed by atoms with Gasteiger partial charge in [-0.2, -0.15) is 0 Å². The molecular weight excluding hydrogens is 314 g/mol. The number of carbonyl (C=O) groups is 1. The van der Waals surface area contributed by atoms with Crippen LogP contribution in [0.5, 0.6) is 0 Å². The molecule has 0 saturated carbocycles. The van der Waals surface area contributed by atoms with Crippen LogP contribution in [0.4, 0.5) is 0 Å². The van der Waals surface area contributed by atoms with E-state index < -0.39 is 0 Å². The molecule has 1 aliphatic heterocycles. The number of ether oxygens (including phenoxy) is 1. The first kappa shape index (κ1) is 16.0. The van der Waals surface area contributed by atoms with Gasteiger partial charge < -0.3 is 14.2 Å². The lowest BCUT2D eigenvalue weighted by atomic mass is 10.1. The van der Waals surface area contributed by atoms with Gasteiger partial charge in [-0.15, -0.1) is 0 Å². The van der Waals surface area contributed by atoms with Crippen LogP contribution in [0.25, 0.3) is 0 Å². The summed E-state index contributed by atoms with van der Waals surface area (Å²) < 4.78 is 7.72. The molecule has 0 spiro atoms. The first-order valence-corrected chi connectivity index (χ1v) is 8.20. The summed E-state index contributed by atoms with van der Waals surface area (Å²) in [6, 6.07) is 7.60. The zero-order valence-corrected chi connectivity index (χ0v) is 13.9. The van der Waals surface area contributed by atoms with E-state index >= 15 is 0 Å². The van der Waals surface area contributed by atoms with Crippen molar-refractivity contribution >= 4 is 17.5 Å². The van der Waals surface area contributed by atoms with E-state index in [1.54, 1.807) is 6.20 Å². The second-order valence-corrected chi connectivity index (χ2v) is 6.01. The molecule has 1 atom stereocenters. The molecule has 5 nitrogen and oxygen atoms in total. The largest absolute Gasteiger partial charge is 0.370 e. The highest BCUT2D eigenvalue weighted by Gasteiger charge is 2.25. The van der Waals surface area contributed by atoms with Gasteiger partial charge in [0.05, 0.1) is 13.2 Å². The molecule has 6 heteroatoms. The average molecular weight is 334 g/mol. The summed E-state index contributed by atoms with van der Waals surface area (Å²) in [4.78, 5) is 18.7. The maximum Gasteiger partial charge on any atom is 0.242 e. The predicted molar refractivity (Wildman–Crippen MR) is 88.3 cm³/mol. The van der Waals surface area contributed by atoms with Gasteiger partial charge in [0.2, 0.25) is 5.91 Å². The van der Waals surface area contributed by atoms with Crippen LogP contribution in [0.1, 0.15) is 24.4 Å². The van der Waals surface area contributed by atoms with Crippen LogP contribution in [0.2, 0.25) is 5.02 Å². The van der Waals surface area contributed by atoms with Gasteiger partial charge in [-0.05, 0) is 17.7 Å². The summed E-state index contributed by atoms with van der Waals surface area (Å²) in [6.45, 7) is 4.10. The second kappa shape index (κ2) is 7.15. The Bertz CT molecular complexity index is 669. The molecule has 0 aliphatic carbocycles. The van der Waals surface area contributed by atoms with Gasteiger partial charge in [0, 0.05) is 30.4 Å². The molecule has 1 saturated heterocycles. The minimum absolute atomic E-state index is 0.0972. The lowest BCUT2D eigenvalue weighted by Crippen LogP contribution is -2.43. The lowest BCUT2D eigenvalue weighted by molar-refractivity contribution is -0.139. The Morgan fingerprint density at radius 1 is 1.39 bits per heavy atom. The quantitative estimate of drug-likeness (QED) is 0.864. The summed E-state index contributed by atoms with van der Waals surface area (Å²) >= 11 is 5.92. The number of aromatic nitrogens is 2. The number of benzene rings is 1.